The van der Waals surface area contributed by atoms with E-state index in [1.54, 1.807) is 12.1 Å². The molecule has 2 amide bonds. The third-order valence-corrected chi connectivity index (χ3v) is 2.50. The highest BCUT2D eigenvalue weighted by Gasteiger charge is 2.11. The molecular formula is C14H20N2O3. The zero-order valence-corrected chi connectivity index (χ0v) is 11.5. The van der Waals surface area contributed by atoms with Gasteiger partial charge in [-0.05, 0) is 36.1 Å². The zero-order valence-electron chi connectivity index (χ0n) is 11.5. The summed E-state index contributed by atoms with van der Waals surface area (Å²) in [7, 11) is 0. The minimum Gasteiger partial charge on any atom is -0.411 e. The number of ether oxygens (including phenoxy) is 1. The average Bonchev–Trinajstić information content (AvgIpc) is 2.27. The maximum atomic E-state index is 11.8. The second kappa shape index (κ2) is 6.22. The second-order valence-electron chi connectivity index (χ2n) is 5.51. The fourth-order valence-corrected chi connectivity index (χ4v) is 1.44. The van der Waals surface area contributed by atoms with E-state index in [4.69, 9.17) is 5.73 Å². The van der Waals surface area contributed by atoms with E-state index in [0.717, 1.165) is 6.42 Å². The summed E-state index contributed by atoms with van der Waals surface area (Å²) in [6.07, 6.45) is 0.0316. The van der Waals surface area contributed by atoms with Gasteiger partial charge in [-0.15, -0.1) is 0 Å². The van der Waals surface area contributed by atoms with E-state index < -0.39 is 6.09 Å². The summed E-state index contributed by atoms with van der Waals surface area (Å²) >= 11 is 0. The molecule has 0 spiro atoms. The highest BCUT2D eigenvalue weighted by Crippen LogP contribution is 2.17. The molecule has 0 saturated carbocycles. The Morgan fingerprint density at radius 1 is 1.21 bits per heavy atom. The van der Waals surface area contributed by atoms with Crippen molar-refractivity contribution in [3.63, 3.8) is 0 Å². The van der Waals surface area contributed by atoms with Crippen LogP contribution in [0.1, 0.15) is 37.6 Å². The summed E-state index contributed by atoms with van der Waals surface area (Å²) in [4.78, 5) is 22.4. The van der Waals surface area contributed by atoms with Crippen molar-refractivity contribution in [2.75, 3.05) is 6.54 Å². The van der Waals surface area contributed by atoms with Crippen LogP contribution in [0.25, 0.3) is 0 Å². The fraction of sp³-hybridized carbons (Fsp3) is 0.429. The van der Waals surface area contributed by atoms with Crippen molar-refractivity contribution in [2.24, 2.45) is 11.1 Å². The molecule has 0 unspecified atom stereocenters. The summed E-state index contributed by atoms with van der Waals surface area (Å²) in [5.74, 6) is 0.175. The van der Waals surface area contributed by atoms with E-state index in [1.807, 2.05) is 0 Å². The molecule has 3 N–H and O–H groups in total. The first kappa shape index (κ1) is 15.0. The highest BCUT2D eigenvalue weighted by atomic mass is 16.5. The third kappa shape index (κ3) is 5.90. The third-order valence-electron chi connectivity index (χ3n) is 2.50. The quantitative estimate of drug-likeness (QED) is 0.875. The molecule has 1 rings (SSSR count). The van der Waals surface area contributed by atoms with Crippen LogP contribution in [0, 0.1) is 5.41 Å². The van der Waals surface area contributed by atoms with Gasteiger partial charge in [0.2, 0.25) is 0 Å². The van der Waals surface area contributed by atoms with E-state index >= 15 is 0 Å². The van der Waals surface area contributed by atoms with Crippen LogP contribution in [0.2, 0.25) is 0 Å². The van der Waals surface area contributed by atoms with Crippen molar-refractivity contribution in [3.8, 4) is 5.75 Å². The number of nitrogens with two attached hydrogens (primary N) is 1. The van der Waals surface area contributed by atoms with Crippen LogP contribution in [0.3, 0.4) is 0 Å². The monoisotopic (exact) mass is 264 g/mol. The molecule has 0 aliphatic heterocycles. The van der Waals surface area contributed by atoms with Gasteiger partial charge in [-0.3, -0.25) is 4.79 Å². The molecule has 0 heterocycles. The Balaban J connectivity index is 2.51. The Hall–Kier alpha value is -2.04. The van der Waals surface area contributed by atoms with Crippen molar-refractivity contribution in [3.05, 3.63) is 29.8 Å². The average molecular weight is 264 g/mol. The van der Waals surface area contributed by atoms with Gasteiger partial charge in [-0.2, -0.15) is 0 Å². The number of primary amides is 1. The first-order valence-electron chi connectivity index (χ1n) is 6.13. The predicted octanol–water partition coefficient (Wildman–Crippen LogP) is 2.31. The Morgan fingerprint density at radius 3 is 2.26 bits per heavy atom. The number of benzene rings is 1. The van der Waals surface area contributed by atoms with Crippen LogP contribution in [0.4, 0.5) is 4.79 Å². The maximum Gasteiger partial charge on any atom is 0.409 e. The molecule has 104 valence electrons. The van der Waals surface area contributed by atoms with Gasteiger partial charge >= 0.3 is 6.09 Å². The number of amides is 2. The standard InChI is InChI=1S/C14H20N2O3/c1-14(2,3)8-9-16-12(17)10-4-6-11(7-5-10)19-13(15)18/h4-7H,8-9H2,1-3H3,(H2,15,18)(H,16,17). The van der Waals surface area contributed by atoms with Crippen molar-refractivity contribution in [1.82, 2.24) is 5.32 Å². The van der Waals surface area contributed by atoms with Crippen LogP contribution in [-0.4, -0.2) is 18.5 Å². The molecular weight excluding hydrogens is 244 g/mol. The van der Waals surface area contributed by atoms with Gasteiger partial charge in [0.1, 0.15) is 5.75 Å². The van der Waals surface area contributed by atoms with Crippen molar-refractivity contribution < 1.29 is 14.3 Å². The molecule has 0 radical (unpaired) electrons. The number of carbonyl (C=O) groups excluding carboxylic acids is 2. The van der Waals surface area contributed by atoms with Crippen molar-refractivity contribution in [2.45, 2.75) is 27.2 Å². The zero-order chi connectivity index (χ0) is 14.5. The van der Waals surface area contributed by atoms with E-state index in [1.165, 1.54) is 12.1 Å². The molecule has 0 atom stereocenters. The molecule has 19 heavy (non-hydrogen) atoms. The SMILES string of the molecule is CC(C)(C)CCNC(=O)c1ccc(OC(N)=O)cc1. The van der Waals surface area contributed by atoms with E-state index in [2.05, 4.69) is 30.8 Å². The summed E-state index contributed by atoms with van der Waals surface area (Å²) in [6.45, 7) is 6.99. The highest BCUT2D eigenvalue weighted by molar-refractivity contribution is 5.94. The first-order valence-corrected chi connectivity index (χ1v) is 6.13. The summed E-state index contributed by atoms with van der Waals surface area (Å²) in [6, 6.07) is 6.24. The number of hydrogen-bond acceptors (Lipinski definition) is 3. The minimum absolute atomic E-state index is 0.144. The van der Waals surface area contributed by atoms with Gasteiger partial charge in [0, 0.05) is 12.1 Å². The normalized spacial score (nSPS) is 10.9. The van der Waals surface area contributed by atoms with Crippen molar-refractivity contribution in [1.29, 1.82) is 0 Å². The van der Waals surface area contributed by atoms with Gasteiger partial charge < -0.3 is 15.8 Å². The molecule has 0 aliphatic rings. The molecule has 0 fully saturated rings. The molecule has 0 aliphatic carbocycles. The Bertz CT molecular complexity index is 447. The largest absolute Gasteiger partial charge is 0.411 e. The molecule has 0 bridgehead atoms. The van der Waals surface area contributed by atoms with Crippen LogP contribution >= 0.6 is 0 Å². The Morgan fingerprint density at radius 2 is 1.79 bits per heavy atom. The van der Waals surface area contributed by atoms with Crippen LogP contribution in [0.15, 0.2) is 24.3 Å². The van der Waals surface area contributed by atoms with Crippen LogP contribution in [0.5, 0.6) is 5.75 Å². The fourth-order valence-electron chi connectivity index (χ4n) is 1.44. The summed E-state index contributed by atoms with van der Waals surface area (Å²) < 4.78 is 4.68. The molecule has 5 nitrogen and oxygen atoms in total. The molecule has 5 heteroatoms. The smallest absolute Gasteiger partial charge is 0.409 e. The van der Waals surface area contributed by atoms with Crippen molar-refractivity contribution >= 4 is 12.0 Å². The molecule has 1 aromatic carbocycles. The maximum absolute atomic E-state index is 11.8. The Labute approximate surface area is 113 Å². The number of rotatable bonds is 4. The lowest BCUT2D eigenvalue weighted by Crippen LogP contribution is -2.27. The molecule has 0 aromatic heterocycles. The number of hydrogen-bond donors (Lipinski definition) is 2. The summed E-state index contributed by atoms with van der Waals surface area (Å²) in [5, 5.41) is 2.84. The van der Waals surface area contributed by atoms with Gasteiger partial charge in [-0.1, -0.05) is 20.8 Å². The van der Waals surface area contributed by atoms with Crippen LogP contribution in [-0.2, 0) is 0 Å². The topological polar surface area (TPSA) is 81.4 Å². The minimum atomic E-state index is -0.873. The first-order chi connectivity index (χ1) is 8.78. The lowest BCUT2D eigenvalue weighted by Gasteiger charge is -2.18. The van der Waals surface area contributed by atoms with Gasteiger partial charge in [0.25, 0.3) is 5.91 Å². The van der Waals surface area contributed by atoms with Crippen LogP contribution < -0.4 is 15.8 Å². The van der Waals surface area contributed by atoms with Gasteiger partial charge in [0.15, 0.2) is 0 Å². The predicted molar refractivity (Wildman–Crippen MR) is 73.1 cm³/mol. The van der Waals surface area contributed by atoms with Gasteiger partial charge in [0.05, 0.1) is 0 Å². The Kier molecular flexibility index (Phi) is 4.92. The lowest BCUT2D eigenvalue weighted by atomic mass is 9.92. The number of carbonyl (C=O) groups is 2. The molecule has 1 aromatic rings. The van der Waals surface area contributed by atoms with E-state index in [9.17, 15) is 9.59 Å². The van der Waals surface area contributed by atoms with Gasteiger partial charge in [-0.25, -0.2) is 4.79 Å². The molecule has 0 saturated heterocycles. The summed E-state index contributed by atoms with van der Waals surface area (Å²) in [5.41, 5.74) is 5.59. The number of nitrogens with one attached hydrogen (secondary N) is 1. The van der Waals surface area contributed by atoms with E-state index in [0.29, 0.717) is 17.9 Å². The lowest BCUT2D eigenvalue weighted by molar-refractivity contribution is 0.0949. The second-order valence-corrected chi connectivity index (χ2v) is 5.51. The van der Waals surface area contributed by atoms with E-state index in [-0.39, 0.29) is 11.3 Å².